The predicted octanol–water partition coefficient (Wildman–Crippen LogP) is 0.467. The van der Waals surface area contributed by atoms with Gasteiger partial charge in [0.25, 0.3) is 0 Å². The van der Waals surface area contributed by atoms with Gasteiger partial charge in [-0.05, 0) is 20.3 Å². The van der Waals surface area contributed by atoms with Crippen LogP contribution in [0, 0.1) is 0 Å². The van der Waals surface area contributed by atoms with Crippen molar-refractivity contribution >= 4 is 0 Å². The van der Waals surface area contributed by atoms with Crippen LogP contribution in [0.15, 0.2) is 6.20 Å². The summed E-state index contributed by atoms with van der Waals surface area (Å²) in [6, 6.07) is 0.276. The maximum absolute atomic E-state index is 9.70. The van der Waals surface area contributed by atoms with Crippen molar-refractivity contribution in [2.75, 3.05) is 13.2 Å². The zero-order valence-electron chi connectivity index (χ0n) is 8.47. The third-order valence-electron chi connectivity index (χ3n) is 2.42. The molecule has 2 rings (SSSR count). The molecule has 14 heavy (non-hydrogen) atoms. The van der Waals surface area contributed by atoms with Gasteiger partial charge in [0.05, 0.1) is 18.8 Å². The Morgan fingerprint density at radius 3 is 2.93 bits per heavy atom. The van der Waals surface area contributed by atoms with Crippen LogP contribution in [0.3, 0.4) is 0 Å². The summed E-state index contributed by atoms with van der Waals surface area (Å²) < 4.78 is 7.03. The van der Waals surface area contributed by atoms with Gasteiger partial charge in [0.2, 0.25) is 0 Å². The molecule has 0 aromatic carbocycles. The molecule has 0 aliphatic carbocycles. The van der Waals surface area contributed by atoms with Crippen LogP contribution in [0.2, 0.25) is 0 Å². The second-order valence-corrected chi connectivity index (χ2v) is 4.16. The summed E-state index contributed by atoms with van der Waals surface area (Å²) in [4.78, 5) is 0. The van der Waals surface area contributed by atoms with Gasteiger partial charge >= 0.3 is 0 Å². The van der Waals surface area contributed by atoms with E-state index in [9.17, 15) is 5.11 Å². The lowest BCUT2D eigenvalue weighted by Crippen LogP contribution is -2.16. The average molecular weight is 197 g/mol. The Morgan fingerprint density at radius 2 is 2.43 bits per heavy atom. The molecule has 0 radical (unpaired) electrons. The molecular formula is C9H15N3O2. The van der Waals surface area contributed by atoms with Crippen LogP contribution in [0.25, 0.3) is 0 Å². The van der Waals surface area contributed by atoms with E-state index in [0.29, 0.717) is 12.3 Å². The van der Waals surface area contributed by atoms with Crippen molar-refractivity contribution in [3.63, 3.8) is 0 Å². The van der Waals surface area contributed by atoms with E-state index in [4.69, 9.17) is 4.74 Å². The van der Waals surface area contributed by atoms with Gasteiger partial charge in [-0.3, -0.25) is 0 Å². The molecule has 1 aromatic heterocycles. The Bertz CT molecular complexity index is 310. The van der Waals surface area contributed by atoms with Crippen molar-refractivity contribution in [3.8, 4) is 0 Å². The molecule has 5 heteroatoms. The van der Waals surface area contributed by atoms with Crippen LogP contribution in [0.1, 0.15) is 32.0 Å². The zero-order valence-corrected chi connectivity index (χ0v) is 8.47. The minimum absolute atomic E-state index is 0.276. The highest BCUT2D eigenvalue weighted by atomic mass is 16.5. The van der Waals surface area contributed by atoms with Crippen molar-refractivity contribution in [1.82, 2.24) is 15.0 Å². The quantitative estimate of drug-likeness (QED) is 0.748. The lowest BCUT2D eigenvalue weighted by atomic mass is 10.1. The molecule has 2 heterocycles. The molecule has 78 valence electrons. The van der Waals surface area contributed by atoms with E-state index >= 15 is 0 Å². The summed E-state index contributed by atoms with van der Waals surface area (Å²) in [5.41, 5.74) is -0.318. The monoisotopic (exact) mass is 197 g/mol. The number of nitrogens with zero attached hydrogens (tertiary/aromatic N) is 3. The number of ether oxygens (including phenoxy) is 1. The second-order valence-electron chi connectivity index (χ2n) is 4.16. The summed E-state index contributed by atoms with van der Waals surface area (Å²) in [5, 5.41) is 17.6. The highest BCUT2D eigenvalue weighted by Gasteiger charge is 2.24. The Morgan fingerprint density at radius 1 is 1.64 bits per heavy atom. The van der Waals surface area contributed by atoms with E-state index in [-0.39, 0.29) is 6.04 Å². The third kappa shape index (κ3) is 1.78. The Balaban J connectivity index is 2.17. The van der Waals surface area contributed by atoms with Gasteiger partial charge in [0.15, 0.2) is 0 Å². The molecule has 1 aliphatic heterocycles. The molecule has 1 N–H and O–H groups in total. The van der Waals surface area contributed by atoms with Gasteiger partial charge in [-0.1, -0.05) is 5.21 Å². The number of aromatic nitrogens is 3. The number of aliphatic hydroxyl groups is 1. The minimum Gasteiger partial charge on any atom is -0.384 e. The fraction of sp³-hybridized carbons (Fsp3) is 0.778. The molecule has 1 unspecified atom stereocenters. The lowest BCUT2D eigenvalue weighted by Gasteiger charge is -2.12. The van der Waals surface area contributed by atoms with Crippen LogP contribution in [0.4, 0.5) is 0 Å². The Kier molecular flexibility index (Phi) is 2.28. The van der Waals surface area contributed by atoms with Crippen molar-refractivity contribution in [1.29, 1.82) is 0 Å². The summed E-state index contributed by atoms with van der Waals surface area (Å²) >= 11 is 0. The fourth-order valence-corrected chi connectivity index (χ4v) is 1.47. The van der Waals surface area contributed by atoms with Gasteiger partial charge in [-0.2, -0.15) is 0 Å². The number of hydrogen-bond donors (Lipinski definition) is 1. The highest BCUT2D eigenvalue weighted by Crippen LogP contribution is 2.21. The van der Waals surface area contributed by atoms with Crippen LogP contribution >= 0.6 is 0 Å². The molecular weight excluding hydrogens is 182 g/mol. The Hall–Kier alpha value is -0.940. The van der Waals surface area contributed by atoms with Crippen molar-refractivity contribution in [2.24, 2.45) is 0 Å². The van der Waals surface area contributed by atoms with E-state index in [1.165, 1.54) is 0 Å². The number of hydrogen-bond acceptors (Lipinski definition) is 4. The molecule has 0 saturated carbocycles. The van der Waals surface area contributed by atoms with Crippen molar-refractivity contribution in [3.05, 3.63) is 11.9 Å². The molecule has 0 bridgehead atoms. The van der Waals surface area contributed by atoms with Crippen LogP contribution in [0.5, 0.6) is 0 Å². The maximum atomic E-state index is 9.70. The lowest BCUT2D eigenvalue weighted by molar-refractivity contribution is 0.0737. The normalized spacial score (nSPS) is 22.9. The molecule has 1 aromatic rings. The minimum atomic E-state index is -0.919. The first-order valence-electron chi connectivity index (χ1n) is 4.80. The average Bonchev–Trinajstić information content (AvgIpc) is 2.73. The van der Waals surface area contributed by atoms with E-state index in [1.54, 1.807) is 24.7 Å². The van der Waals surface area contributed by atoms with Gasteiger partial charge in [0.1, 0.15) is 11.3 Å². The van der Waals surface area contributed by atoms with Crippen LogP contribution in [-0.2, 0) is 10.3 Å². The first-order valence-corrected chi connectivity index (χ1v) is 4.80. The van der Waals surface area contributed by atoms with Gasteiger partial charge in [-0.25, -0.2) is 4.68 Å². The topological polar surface area (TPSA) is 60.2 Å². The largest absolute Gasteiger partial charge is 0.384 e. The summed E-state index contributed by atoms with van der Waals surface area (Å²) in [6.45, 7) is 4.87. The molecule has 0 amide bonds. The number of rotatable bonds is 2. The van der Waals surface area contributed by atoms with E-state index in [0.717, 1.165) is 13.0 Å². The SMILES string of the molecule is CC(C)(O)c1cn(C2CCOC2)nn1. The molecule has 1 atom stereocenters. The van der Waals surface area contributed by atoms with E-state index in [2.05, 4.69) is 10.3 Å². The molecule has 1 saturated heterocycles. The molecule has 1 fully saturated rings. The smallest absolute Gasteiger partial charge is 0.114 e. The summed E-state index contributed by atoms with van der Waals surface area (Å²) in [5.74, 6) is 0. The first kappa shape index (κ1) is 9.61. The molecule has 0 spiro atoms. The van der Waals surface area contributed by atoms with E-state index < -0.39 is 5.60 Å². The summed E-state index contributed by atoms with van der Waals surface area (Å²) in [6.07, 6.45) is 2.76. The van der Waals surface area contributed by atoms with Crippen LogP contribution < -0.4 is 0 Å². The van der Waals surface area contributed by atoms with E-state index in [1.807, 2.05) is 0 Å². The standard InChI is InChI=1S/C9H15N3O2/c1-9(2,13)8-5-12(11-10-8)7-3-4-14-6-7/h5,7,13H,3-4,6H2,1-2H3. The highest BCUT2D eigenvalue weighted by molar-refractivity contribution is 5.03. The fourth-order valence-electron chi connectivity index (χ4n) is 1.47. The molecule has 5 nitrogen and oxygen atoms in total. The van der Waals surface area contributed by atoms with Crippen LogP contribution in [-0.4, -0.2) is 33.3 Å². The van der Waals surface area contributed by atoms with Gasteiger partial charge in [0, 0.05) is 6.61 Å². The third-order valence-corrected chi connectivity index (χ3v) is 2.42. The van der Waals surface area contributed by atoms with Gasteiger partial charge < -0.3 is 9.84 Å². The van der Waals surface area contributed by atoms with Crippen molar-refractivity contribution in [2.45, 2.75) is 31.9 Å². The summed E-state index contributed by atoms with van der Waals surface area (Å²) in [7, 11) is 0. The van der Waals surface area contributed by atoms with Crippen molar-refractivity contribution < 1.29 is 9.84 Å². The van der Waals surface area contributed by atoms with Gasteiger partial charge in [-0.15, -0.1) is 5.10 Å². The zero-order chi connectivity index (χ0) is 10.2. The first-order chi connectivity index (χ1) is 6.57. The predicted molar refractivity (Wildman–Crippen MR) is 49.7 cm³/mol. The second kappa shape index (κ2) is 3.33. The Labute approximate surface area is 82.7 Å². The maximum Gasteiger partial charge on any atom is 0.114 e. The molecule has 1 aliphatic rings.